The zero-order chi connectivity index (χ0) is 21.5. The number of hydrogen-bond donors (Lipinski definition) is 3. The number of para-hydroxylation sites is 1. The summed E-state index contributed by atoms with van der Waals surface area (Å²) >= 11 is 0. The lowest BCUT2D eigenvalue weighted by Gasteiger charge is -2.29. The second-order valence-corrected chi connectivity index (χ2v) is 6.86. The molecule has 1 aliphatic heterocycles. The number of nitrogens with two attached hydrogens (primary N) is 1. The van der Waals surface area contributed by atoms with Crippen molar-refractivity contribution in [1.29, 1.82) is 0 Å². The highest BCUT2D eigenvalue weighted by molar-refractivity contribution is 6.47. The summed E-state index contributed by atoms with van der Waals surface area (Å²) in [5.41, 5.74) is 7.19. The van der Waals surface area contributed by atoms with Gasteiger partial charge in [0.05, 0.1) is 19.0 Å². The molecule has 8 nitrogen and oxygen atoms in total. The number of hydrogen-bond acceptors (Lipinski definition) is 7. The molecule has 9 heteroatoms. The molecule has 3 rings (SSSR count). The van der Waals surface area contributed by atoms with Crippen LogP contribution in [0.1, 0.15) is 28.4 Å². The van der Waals surface area contributed by atoms with Crippen LogP contribution in [0.4, 0.5) is 0 Å². The monoisotopic (exact) mass is 412 g/mol. The van der Waals surface area contributed by atoms with Crippen LogP contribution < -0.4 is 20.4 Å². The predicted molar refractivity (Wildman–Crippen MR) is 111 cm³/mol. The lowest BCUT2D eigenvalue weighted by Crippen LogP contribution is -2.53. The standard InChI is InChI=1S/C21H25BN2O6/c1-2-28-21(26)17-8-4-6-15-13-18(22(27)30-20(15)17)24-19(25)12-14-5-3-7-16(11-14)29-10-9-23/h3-8,11,18,27H,2,9-10,12-13,23H2,1H3,(H,24,25)/t18-/m0/s1. The van der Waals surface area contributed by atoms with Gasteiger partial charge in [-0.3, -0.25) is 4.79 Å². The molecular formula is C21H25BN2O6. The Hall–Kier alpha value is -3.04. The zero-order valence-electron chi connectivity index (χ0n) is 16.8. The first kappa shape index (κ1) is 21.7. The average Bonchev–Trinajstić information content (AvgIpc) is 2.73. The van der Waals surface area contributed by atoms with Gasteiger partial charge in [-0.05, 0) is 42.7 Å². The average molecular weight is 412 g/mol. The molecule has 1 aliphatic rings. The lowest BCUT2D eigenvalue weighted by molar-refractivity contribution is -0.120. The molecule has 2 aromatic rings. The highest BCUT2D eigenvalue weighted by Gasteiger charge is 2.37. The summed E-state index contributed by atoms with van der Waals surface area (Å²) < 4.78 is 16.1. The van der Waals surface area contributed by atoms with Crippen molar-refractivity contribution in [1.82, 2.24) is 5.32 Å². The van der Waals surface area contributed by atoms with Crippen molar-refractivity contribution in [3.8, 4) is 11.5 Å². The van der Waals surface area contributed by atoms with Gasteiger partial charge in [0.2, 0.25) is 5.91 Å². The second kappa shape index (κ2) is 10.1. The minimum Gasteiger partial charge on any atom is -0.534 e. The fraction of sp³-hybridized carbons (Fsp3) is 0.333. The lowest BCUT2D eigenvalue weighted by atomic mass is 9.72. The largest absolute Gasteiger partial charge is 0.547 e. The summed E-state index contributed by atoms with van der Waals surface area (Å²) in [7, 11) is -1.28. The van der Waals surface area contributed by atoms with Gasteiger partial charge < -0.3 is 30.2 Å². The maximum atomic E-state index is 12.5. The third-order valence-electron chi connectivity index (χ3n) is 4.61. The van der Waals surface area contributed by atoms with Crippen molar-refractivity contribution in [2.45, 2.75) is 25.7 Å². The molecule has 0 spiro atoms. The van der Waals surface area contributed by atoms with E-state index in [2.05, 4.69) is 5.32 Å². The quantitative estimate of drug-likeness (QED) is 0.435. The van der Waals surface area contributed by atoms with Crippen LogP contribution in [0.5, 0.6) is 11.5 Å². The van der Waals surface area contributed by atoms with Gasteiger partial charge in [-0.25, -0.2) is 4.79 Å². The SMILES string of the molecule is CCOC(=O)c1cccc2c1OB(O)[C@@H](NC(=O)Cc1cccc(OCCN)c1)C2. The van der Waals surface area contributed by atoms with Crippen LogP contribution >= 0.6 is 0 Å². The molecule has 0 unspecified atom stereocenters. The molecular weight excluding hydrogens is 387 g/mol. The number of benzene rings is 2. The highest BCUT2D eigenvalue weighted by Crippen LogP contribution is 2.30. The minimum absolute atomic E-state index is 0.124. The Balaban J connectivity index is 1.65. The van der Waals surface area contributed by atoms with Crippen LogP contribution in [0.3, 0.4) is 0 Å². The summed E-state index contributed by atoms with van der Waals surface area (Å²) in [5.74, 6) is -0.477. The van der Waals surface area contributed by atoms with Crippen molar-refractivity contribution >= 4 is 19.0 Å². The molecule has 1 heterocycles. The van der Waals surface area contributed by atoms with Crippen molar-refractivity contribution in [3.05, 3.63) is 59.2 Å². The number of esters is 1. The topological polar surface area (TPSA) is 120 Å². The third-order valence-corrected chi connectivity index (χ3v) is 4.61. The van der Waals surface area contributed by atoms with Gasteiger partial charge in [0.15, 0.2) is 0 Å². The van der Waals surface area contributed by atoms with Crippen LogP contribution in [0, 0.1) is 0 Å². The van der Waals surface area contributed by atoms with E-state index in [1.807, 2.05) is 6.07 Å². The van der Waals surface area contributed by atoms with Crippen molar-refractivity contribution in [2.75, 3.05) is 19.8 Å². The molecule has 1 amide bonds. The van der Waals surface area contributed by atoms with Crippen molar-refractivity contribution in [3.63, 3.8) is 0 Å². The number of ether oxygens (including phenoxy) is 2. The van der Waals surface area contributed by atoms with E-state index in [1.54, 1.807) is 43.3 Å². The van der Waals surface area contributed by atoms with E-state index in [1.165, 1.54) is 0 Å². The molecule has 0 aliphatic carbocycles. The number of fused-ring (bicyclic) bond motifs is 1. The Labute approximate surface area is 175 Å². The van der Waals surface area contributed by atoms with E-state index in [4.69, 9.17) is 19.9 Å². The molecule has 30 heavy (non-hydrogen) atoms. The summed E-state index contributed by atoms with van der Waals surface area (Å²) in [6, 6.07) is 12.3. The van der Waals surface area contributed by atoms with E-state index in [0.29, 0.717) is 36.6 Å². The van der Waals surface area contributed by atoms with Crippen LogP contribution in [-0.2, 0) is 22.4 Å². The number of carbonyl (C=O) groups excluding carboxylic acids is 2. The van der Waals surface area contributed by atoms with Crippen LogP contribution in [-0.4, -0.2) is 49.7 Å². The molecule has 4 N–H and O–H groups in total. The molecule has 1 atom stereocenters. The highest BCUT2D eigenvalue weighted by atomic mass is 16.5. The maximum Gasteiger partial charge on any atom is 0.547 e. The summed E-state index contributed by atoms with van der Waals surface area (Å²) in [4.78, 5) is 24.6. The molecule has 0 bridgehead atoms. The molecule has 0 fully saturated rings. The molecule has 0 radical (unpaired) electrons. The number of nitrogens with one attached hydrogen (secondary N) is 1. The molecule has 0 saturated carbocycles. The summed E-state index contributed by atoms with van der Waals surface area (Å²) in [6.45, 7) is 2.76. The number of rotatable bonds is 8. The Morgan fingerprint density at radius 3 is 2.87 bits per heavy atom. The van der Waals surface area contributed by atoms with E-state index >= 15 is 0 Å². The Morgan fingerprint density at radius 2 is 2.10 bits per heavy atom. The minimum atomic E-state index is -1.28. The van der Waals surface area contributed by atoms with Gasteiger partial charge in [0.1, 0.15) is 23.7 Å². The summed E-state index contributed by atoms with van der Waals surface area (Å²) in [5, 5.41) is 13.2. The number of amides is 1. The molecule has 0 saturated heterocycles. The normalized spacial score (nSPS) is 15.0. The van der Waals surface area contributed by atoms with E-state index < -0.39 is 19.0 Å². The van der Waals surface area contributed by atoms with Gasteiger partial charge >= 0.3 is 13.1 Å². The first-order valence-corrected chi connectivity index (χ1v) is 9.86. The molecule has 2 aromatic carbocycles. The van der Waals surface area contributed by atoms with Crippen LogP contribution in [0.2, 0.25) is 0 Å². The molecule has 158 valence electrons. The van der Waals surface area contributed by atoms with Gasteiger partial charge in [0, 0.05) is 6.54 Å². The third kappa shape index (κ3) is 5.31. The second-order valence-electron chi connectivity index (χ2n) is 6.86. The van der Waals surface area contributed by atoms with Crippen LogP contribution in [0.25, 0.3) is 0 Å². The fourth-order valence-electron chi connectivity index (χ4n) is 3.28. The van der Waals surface area contributed by atoms with Gasteiger partial charge in [0.25, 0.3) is 0 Å². The van der Waals surface area contributed by atoms with E-state index in [-0.39, 0.29) is 24.5 Å². The van der Waals surface area contributed by atoms with Crippen molar-refractivity contribution in [2.24, 2.45) is 5.73 Å². The van der Waals surface area contributed by atoms with E-state index in [0.717, 1.165) is 5.56 Å². The first-order valence-electron chi connectivity index (χ1n) is 9.86. The molecule has 0 aromatic heterocycles. The smallest absolute Gasteiger partial charge is 0.534 e. The van der Waals surface area contributed by atoms with E-state index in [9.17, 15) is 14.6 Å². The fourth-order valence-corrected chi connectivity index (χ4v) is 3.28. The Kier molecular flexibility index (Phi) is 7.32. The predicted octanol–water partition coefficient (Wildman–Crippen LogP) is 0.883. The van der Waals surface area contributed by atoms with Gasteiger partial charge in [-0.1, -0.05) is 24.3 Å². The number of carbonyl (C=O) groups is 2. The summed E-state index contributed by atoms with van der Waals surface area (Å²) in [6.07, 6.45) is 0.452. The Morgan fingerprint density at radius 1 is 1.30 bits per heavy atom. The first-order chi connectivity index (χ1) is 14.5. The van der Waals surface area contributed by atoms with Crippen LogP contribution in [0.15, 0.2) is 42.5 Å². The zero-order valence-corrected chi connectivity index (χ0v) is 16.8. The maximum absolute atomic E-state index is 12.5. The van der Waals surface area contributed by atoms with Gasteiger partial charge in [-0.2, -0.15) is 0 Å². The van der Waals surface area contributed by atoms with Crippen molar-refractivity contribution < 1.29 is 28.7 Å². The van der Waals surface area contributed by atoms with Gasteiger partial charge in [-0.15, -0.1) is 0 Å². The Bertz CT molecular complexity index is 907.